The third kappa shape index (κ3) is 4.07. The Kier molecular flexibility index (Phi) is 5.55. The van der Waals surface area contributed by atoms with Gasteiger partial charge in [-0.15, -0.1) is 0 Å². The molecule has 2 heterocycles. The first-order valence-corrected chi connectivity index (χ1v) is 11.8. The first-order valence-electron chi connectivity index (χ1n) is 8.60. The number of halogens is 2. The fourth-order valence-electron chi connectivity index (χ4n) is 3.02. The number of nitrogens with zero attached hydrogens (tertiary/aromatic N) is 3. The summed E-state index contributed by atoms with van der Waals surface area (Å²) < 4.78 is 0. The standard InChI is InChI=1S/C20H17Cl2N3OSe/c21-15-3-1-14(2-4-15)13-18-19(26)25(17-7-5-16(22)6-8-17)20(23-18)24-9-11-27-12-10-24/h1-8,13H,9-12H2/b18-13+. The topological polar surface area (TPSA) is 35.9 Å². The van der Waals surface area contributed by atoms with Gasteiger partial charge in [-0.05, 0) is 0 Å². The predicted octanol–water partition coefficient (Wildman–Crippen LogP) is 4.59. The molecule has 1 saturated heterocycles. The van der Waals surface area contributed by atoms with Gasteiger partial charge in [0.25, 0.3) is 0 Å². The zero-order valence-corrected chi connectivity index (χ0v) is 17.7. The van der Waals surface area contributed by atoms with Crippen molar-refractivity contribution < 1.29 is 4.79 Å². The summed E-state index contributed by atoms with van der Waals surface area (Å²) in [5, 5.41) is 3.65. The van der Waals surface area contributed by atoms with Crippen LogP contribution in [0.25, 0.3) is 6.08 Å². The van der Waals surface area contributed by atoms with Gasteiger partial charge in [-0.25, -0.2) is 0 Å². The predicted molar refractivity (Wildman–Crippen MR) is 113 cm³/mol. The van der Waals surface area contributed by atoms with Gasteiger partial charge in [0.15, 0.2) is 0 Å². The minimum absolute atomic E-state index is 0.127. The van der Waals surface area contributed by atoms with Gasteiger partial charge in [0.1, 0.15) is 0 Å². The van der Waals surface area contributed by atoms with Crippen molar-refractivity contribution in [1.82, 2.24) is 4.90 Å². The molecule has 2 aromatic rings. The Morgan fingerprint density at radius 1 is 0.926 bits per heavy atom. The van der Waals surface area contributed by atoms with Crippen molar-refractivity contribution in [3.05, 3.63) is 69.8 Å². The van der Waals surface area contributed by atoms with Crippen molar-refractivity contribution in [2.45, 2.75) is 10.6 Å². The molecule has 2 aliphatic rings. The number of anilines is 1. The van der Waals surface area contributed by atoms with Crippen LogP contribution in [0.5, 0.6) is 0 Å². The molecule has 1 amide bonds. The summed E-state index contributed by atoms with van der Waals surface area (Å²) in [5.74, 6) is 0.580. The van der Waals surface area contributed by atoms with E-state index < -0.39 is 0 Å². The van der Waals surface area contributed by atoms with E-state index in [2.05, 4.69) is 4.90 Å². The molecule has 138 valence electrons. The van der Waals surface area contributed by atoms with Gasteiger partial charge in [0.2, 0.25) is 0 Å². The second-order valence-electron chi connectivity index (χ2n) is 6.21. The number of carbonyl (C=O) groups excluding carboxylic acids is 1. The van der Waals surface area contributed by atoms with Crippen LogP contribution in [0.2, 0.25) is 20.7 Å². The van der Waals surface area contributed by atoms with E-state index in [0.717, 1.165) is 24.3 Å². The third-order valence-electron chi connectivity index (χ3n) is 4.39. The van der Waals surface area contributed by atoms with E-state index in [4.69, 9.17) is 28.2 Å². The minimum atomic E-state index is -0.127. The Bertz CT molecular complexity index is 904. The maximum atomic E-state index is 13.2. The van der Waals surface area contributed by atoms with Gasteiger partial charge in [-0.2, -0.15) is 0 Å². The SMILES string of the molecule is O=C1/C(=C\c2ccc(Cl)cc2)N=C(N2CC[Se]CC2)N1c1ccc(Cl)cc1. The zero-order valence-electron chi connectivity index (χ0n) is 14.4. The van der Waals surface area contributed by atoms with Crippen LogP contribution in [0, 0.1) is 0 Å². The van der Waals surface area contributed by atoms with E-state index in [9.17, 15) is 4.79 Å². The normalized spacial score (nSPS) is 19.0. The van der Waals surface area contributed by atoms with E-state index in [1.165, 1.54) is 10.6 Å². The molecule has 0 spiro atoms. The molecule has 2 aromatic carbocycles. The fourth-order valence-corrected chi connectivity index (χ4v) is 5.17. The number of benzene rings is 2. The molecule has 0 radical (unpaired) electrons. The van der Waals surface area contributed by atoms with Gasteiger partial charge in [0.05, 0.1) is 0 Å². The van der Waals surface area contributed by atoms with Gasteiger partial charge in [-0.3, -0.25) is 0 Å². The molecule has 4 rings (SSSR count). The second kappa shape index (κ2) is 8.07. The number of amides is 1. The van der Waals surface area contributed by atoms with Crippen LogP contribution in [-0.2, 0) is 4.79 Å². The fraction of sp³-hybridized carbons (Fsp3) is 0.200. The molecule has 0 atom stereocenters. The van der Waals surface area contributed by atoms with Gasteiger partial charge >= 0.3 is 175 Å². The van der Waals surface area contributed by atoms with Gasteiger partial charge in [-0.1, -0.05) is 0 Å². The summed E-state index contributed by atoms with van der Waals surface area (Å²) >= 11 is 12.7. The average Bonchev–Trinajstić information content (AvgIpc) is 3.01. The first-order chi connectivity index (χ1) is 13.1. The van der Waals surface area contributed by atoms with Crippen LogP contribution in [0.1, 0.15) is 5.56 Å². The molecule has 7 heteroatoms. The summed E-state index contributed by atoms with van der Waals surface area (Å²) in [6, 6.07) is 14.7. The Balaban J connectivity index is 1.73. The summed E-state index contributed by atoms with van der Waals surface area (Å²) in [5.41, 5.74) is 2.10. The Hall–Kier alpha value is -1.78. The third-order valence-corrected chi connectivity index (χ3v) is 6.88. The summed E-state index contributed by atoms with van der Waals surface area (Å²) in [6.45, 7) is 1.87. The van der Waals surface area contributed by atoms with E-state index >= 15 is 0 Å². The van der Waals surface area contributed by atoms with Crippen LogP contribution in [0.15, 0.2) is 59.2 Å². The molecule has 0 saturated carbocycles. The van der Waals surface area contributed by atoms with Crippen LogP contribution < -0.4 is 4.90 Å². The average molecular weight is 465 g/mol. The Morgan fingerprint density at radius 3 is 2.15 bits per heavy atom. The van der Waals surface area contributed by atoms with Crippen LogP contribution in [0.3, 0.4) is 0 Å². The van der Waals surface area contributed by atoms with Crippen molar-refractivity contribution in [3.8, 4) is 0 Å². The maximum absolute atomic E-state index is 13.2. The molecule has 0 N–H and O–H groups in total. The number of carbonyl (C=O) groups is 1. The molecule has 1 fully saturated rings. The number of hydrogen-bond acceptors (Lipinski definition) is 3. The van der Waals surface area contributed by atoms with Crippen LogP contribution >= 0.6 is 23.2 Å². The molecule has 2 aliphatic heterocycles. The van der Waals surface area contributed by atoms with E-state index in [-0.39, 0.29) is 5.91 Å². The van der Waals surface area contributed by atoms with Gasteiger partial charge < -0.3 is 0 Å². The molecular weight excluding hydrogens is 448 g/mol. The number of aliphatic imine (C=N–C) groups is 1. The van der Waals surface area contributed by atoms with Crippen molar-refractivity contribution in [2.75, 3.05) is 18.0 Å². The van der Waals surface area contributed by atoms with E-state index in [0.29, 0.717) is 36.7 Å². The van der Waals surface area contributed by atoms with Gasteiger partial charge in [0, 0.05) is 0 Å². The number of guanidine groups is 1. The van der Waals surface area contributed by atoms with E-state index in [1.807, 2.05) is 42.5 Å². The number of rotatable bonds is 2. The van der Waals surface area contributed by atoms with Crippen LogP contribution in [0.4, 0.5) is 5.69 Å². The molecule has 0 aromatic heterocycles. The molecule has 4 nitrogen and oxygen atoms in total. The summed E-state index contributed by atoms with van der Waals surface area (Å²) in [4.78, 5) is 21.8. The zero-order chi connectivity index (χ0) is 18.8. The number of hydrogen-bond donors (Lipinski definition) is 0. The van der Waals surface area contributed by atoms with Crippen molar-refractivity contribution in [1.29, 1.82) is 0 Å². The van der Waals surface area contributed by atoms with E-state index in [1.54, 1.807) is 17.0 Å². The Morgan fingerprint density at radius 2 is 1.52 bits per heavy atom. The molecular formula is C20H17Cl2N3OSe. The summed E-state index contributed by atoms with van der Waals surface area (Å²) in [6.07, 6.45) is 1.81. The van der Waals surface area contributed by atoms with Crippen molar-refractivity contribution >= 4 is 61.8 Å². The molecule has 27 heavy (non-hydrogen) atoms. The van der Waals surface area contributed by atoms with Crippen LogP contribution in [-0.4, -0.2) is 44.8 Å². The summed E-state index contributed by atoms with van der Waals surface area (Å²) in [7, 11) is 0. The van der Waals surface area contributed by atoms with Crippen molar-refractivity contribution in [3.63, 3.8) is 0 Å². The monoisotopic (exact) mass is 465 g/mol. The molecule has 0 bridgehead atoms. The van der Waals surface area contributed by atoms with Crippen molar-refractivity contribution in [2.24, 2.45) is 4.99 Å². The molecule has 0 aliphatic carbocycles. The first kappa shape index (κ1) is 18.6. The quantitative estimate of drug-likeness (QED) is 0.481. The Labute approximate surface area is 174 Å². The second-order valence-corrected chi connectivity index (χ2v) is 9.65. The molecule has 0 unspecified atom stereocenters.